The topological polar surface area (TPSA) is 35.5 Å². The molecule has 0 spiro atoms. The van der Waals surface area contributed by atoms with Crippen LogP contribution in [0.25, 0.3) is 6.08 Å². The molecule has 1 aromatic rings. The molecule has 5 heteroatoms. The van der Waals surface area contributed by atoms with Crippen LogP contribution in [-0.2, 0) is 9.53 Å². The van der Waals surface area contributed by atoms with E-state index < -0.39 is 0 Å². The Labute approximate surface area is 116 Å². The molecule has 3 nitrogen and oxygen atoms in total. The number of ether oxygens (including phenoxy) is 2. The number of thioether (sulfide) groups is 2. The van der Waals surface area contributed by atoms with Crippen molar-refractivity contribution >= 4 is 35.6 Å². The van der Waals surface area contributed by atoms with Crippen molar-refractivity contribution in [2.45, 2.75) is 6.92 Å². The maximum absolute atomic E-state index is 10.7. The number of carbonyl (C=O) groups excluding carboxylic acids is 1. The van der Waals surface area contributed by atoms with Crippen LogP contribution in [-0.4, -0.2) is 25.3 Å². The molecule has 18 heavy (non-hydrogen) atoms. The molecule has 0 bridgehead atoms. The van der Waals surface area contributed by atoms with Crippen LogP contribution in [0.15, 0.2) is 28.5 Å². The van der Waals surface area contributed by atoms with Gasteiger partial charge in [-0.2, -0.15) is 0 Å². The highest BCUT2D eigenvalue weighted by Crippen LogP contribution is 2.29. The summed E-state index contributed by atoms with van der Waals surface area (Å²) in [7, 11) is 1.65. The van der Waals surface area contributed by atoms with Gasteiger partial charge in [-0.05, 0) is 30.0 Å². The molecule has 0 amide bonds. The number of methoxy groups -OCH3 is 1. The Bertz CT molecular complexity index is 413. The molecule has 1 rings (SSSR count). The van der Waals surface area contributed by atoms with Gasteiger partial charge >= 0.3 is 5.97 Å². The molecule has 0 atom stereocenters. The van der Waals surface area contributed by atoms with Crippen molar-refractivity contribution in [1.29, 1.82) is 0 Å². The van der Waals surface area contributed by atoms with Crippen LogP contribution in [0.1, 0.15) is 12.5 Å². The molecule has 0 saturated heterocycles. The Morgan fingerprint density at radius 2 is 2.00 bits per heavy atom. The Kier molecular flexibility index (Phi) is 6.75. The second kappa shape index (κ2) is 8.11. The van der Waals surface area contributed by atoms with Gasteiger partial charge in [-0.1, -0.05) is 23.9 Å². The maximum atomic E-state index is 10.7. The van der Waals surface area contributed by atoms with Crippen molar-refractivity contribution in [3.63, 3.8) is 0 Å². The quantitative estimate of drug-likeness (QED) is 0.589. The van der Waals surface area contributed by atoms with Crippen molar-refractivity contribution in [3.8, 4) is 5.75 Å². The summed E-state index contributed by atoms with van der Waals surface area (Å²) in [5.74, 6) is 0.927. The Balaban J connectivity index is 2.61. The molecular formula is C13H16O3S2. The fourth-order valence-corrected chi connectivity index (χ4v) is 2.60. The van der Waals surface area contributed by atoms with Gasteiger partial charge in [-0.3, -0.25) is 4.79 Å². The molecule has 1 aromatic carbocycles. The number of esters is 1. The van der Waals surface area contributed by atoms with Crippen LogP contribution < -0.4 is 4.74 Å². The summed E-state index contributed by atoms with van der Waals surface area (Å²) in [6.07, 6.45) is 4.05. The monoisotopic (exact) mass is 284 g/mol. The molecule has 0 aromatic heterocycles. The largest absolute Gasteiger partial charge is 0.497 e. The van der Waals surface area contributed by atoms with E-state index >= 15 is 0 Å². The number of hydrogen-bond donors (Lipinski definition) is 0. The molecule has 0 aliphatic heterocycles. The second-order valence-electron chi connectivity index (χ2n) is 3.34. The Hall–Kier alpha value is -1.07. The summed E-state index contributed by atoms with van der Waals surface area (Å²) in [5.41, 5.74) is 1.09. The zero-order valence-corrected chi connectivity index (χ0v) is 12.3. The smallest absolute Gasteiger partial charge is 0.303 e. The number of hydrogen-bond acceptors (Lipinski definition) is 5. The lowest BCUT2D eigenvalue weighted by molar-refractivity contribution is -0.138. The van der Waals surface area contributed by atoms with Gasteiger partial charge in [-0.15, -0.1) is 11.8 Å². The Morgan fingerprint density at radius 1 is 1.33 bits per heavy atom. The lowest BCUT2D eigenvalue weighted by atomic mass is 10.2. The molecule has 98 valence electrons. The maximum Gasteiger partial charge on any atom is 0.303 e. The van der Waals surface area contributed by atoms with Crippen LogP contribution in [0.2, 0.25) is 0 Å². The van der Waals surface area contributed by atoms with Crippen molar-refractivity contribution in [2.75, 3.05) is 19.3 Å². The highest BCUT2D eigenvalue weighted by Gasteiger charge is 2.00. The van der Waals surface area contributed by atoms with E-state index in [0.29, 0.717) is 5.94 Å². The van der Waals surface area contributed by atoms with Gasteiger partial charge in [0.05, 0.1) is 7.11 Å². The van der Waals surface area contributed by atoms with Crippen molar-refractivity contribution in [1.82, 2.24) is 0 Å². The minimum absolute atomic E-state index is 0.257. The Morgan fingerprint density at radius 3 is 2.50 bits per heavy atom. The van der Waals surface area contributed by atoms with E-state index in [0.717, 1.165) is 15.6 Å². The van der Waals surface area contributed by atoms with Crippen LogP contribution in [0.5, 0.6) is 5.75 Å². The highest BCUT2D eigenvalue weighted by atomic mass is 32.2. The summed E-state index contributed by atoms with van der Waals surface area (Å²) >= 11 is 3.13. The predicted molar refractivity (Wildman–Crippen MR) is 78.7 cm³/mol. The van der Waals surface area contributed by atoms with Gasteiger partial charge in [0, 0.05) is 11.2 Å². The summed E-state index contributed by atoms with van der Waals surface area (Å²) < 4.78 is 11.1. The molecule has 0 heterocycles. The van der Waals surface area contributed by atoms with Gasteiger partial charge in [0.15, 0.2) is 0 Å². The summed E-state index contributed by atoms with van der Waals surface area (Å²) in [6.45, 7) is 1.41. The predicted octanol–water partition coefficient (Wildman–Crippen LogP) is 3.61. The molecule has 0 aliphatic rings. The molecule has 0 saturated carbocycles. The van der Waals surface area contributed by atoms with Crippen LogP contribution in [0.3, 0.4) is 0 Å². The number of benzene rings is 1. The fourth-order valence-electron chi connectivity index (χ4n) is 1.17. The van der Waals surface area contributed by atoms with Gasteiger partial charge in [0.1, 0.15) is 11.7 Å². The average molecular weight is 284 g/mol. The third kappa shape index (κ3) is 5.51. The number of carbonyl (C=O) groups is 1. The lowest BCUT2D eigenvalue weighted by Crippen LogP contribution is -1.96. The van der Waals surface area contributed by atoms with Crippen molar-refractivity contribution < 1.29 is 14.3 Å². The van der Waals surface area contributed by atoms with E-state index in [9.17, 15) is 4.79 Å². The number of rotatable bonds is 6. The molecule has 0 unspecified atom stereocenters. The van der Waals surface area contributed by atoms with Crippen LogP contribution >= 0.6 is 23.5 Å². The van der Waals surface area contributed by atoms with E-state index in [-0.39, 0.29) is 5.97 Å². The van der Waals surface area contributed by atoms with Crippen LogP contribution in [0.4, 0.5) is 0 Å². The van der Waals surface area contributed by atoms with Crippen molar-refractivity contribution in [3.05, 3.63) is 34.1 Å². The van der Waals surface area contributed by atoms with Gasteiger partial charge in [0.2, 0.25) is 0 Å². The zero-order chi connectivity index (χ0) is 13.4. The van der Waals surface area contributed by atoms with Gasteiger partial charge in [-0.25, -0.2) is 0 Å². The average Bonchev–Trinajstić information content (AvgIpc) is 2.38. The zero-order valence-electron chi connectivity index (χ0n) is 10.6. The molecule has 0 N–H and O–H groups in total. The first-order chi connectivity index (χ1) is 8.65. The molecule has 0 fully saturated rings. The first kappa shape index (κ1) is 15.0. The van der Waals surface area contributed by atoms with E-state index in [4.69, 9.17) is 9.47 Å². The summed E-state index contributed by atoms with van der Waals surface area (Å²) in [4.78, 5) is 10.7. The fraction of sp³-hybridized carbons (Fsp3) is 0.308. The van der Waals surface area contributed by atoms with Crippen molar-refractivity contribution in [2.24, 2.45) is 0 Å². The van der Waals surface area contributed by atoms with E-state index in [1.54, 1.807) is 18.9 Å². The van der Waals surface area contributed by atoms with Gasteiger partial charge < -0.3 is 9.47 Å². The normalized spacial score (nSPS) is 11.2. The minimum atomic E-state index is -0.257. The first-order valence-corrected chi connectivity index (χ1v) is 7.52. The lowest BCUT2D eigenvalue weighted by Gasteiger charge is -2.05. The van der Waals surface area contributed by atoms with Crippen LogP contribution in [0, 0.1) is 0 Å². The molecule has 0 radical (unpaired) electrons. The third-order valence-electron chi connectivity index (χ3n) is 2.06. The van der Waals surface area contributed by atoms with E-state index in [1.807, 2.05) is 30.5 Å². The van der Waals surface area contributed by atoms with Gasteiger partial charge in [0.25, 0.3) is 0 Å². The standard InChI is InChI=1S/C13H16O3S2/c1-10(14)16-9-18-13(17-3)8-11-4-6-12(15-2)7-5-11/h4-8H,9H2,1-3H3/b13-8+. The second-order valence-corrected chi connectivity index (χ2v) is 5.41. The molecule has 0 aliphatic carbocycles. The van der Waals surface area contributed by atoms with E-state index in [2.05, 4.69) is 6.08 Å². The molecular weight excluding hydrogens is 268 g/mol. The minimum Gasteiger partial charge on any atom is -0.497 e. The SMILES string of the molecule is COc1ccc(/C=C(\SC)SCOC(C)=O)cc1. The first-order valence-electron chi connectivity index (χ1n) is 5.31. The third-order valence-corrected chi connectivity index (χ3v) is 4.08. The highest BCUT2D eigenvalue weighted by molar-refractivity contribution is 8.22. The summed E-state index contributed by atoms with van der Waals surface area (Å²) in [6, 6.07) is 7.81. The summed E-state index contributed by atoms with van der Waals surface area (Å²) in [5, 5.41) is 0. The van der Waals surface area contributed by atoms with E-state index in [1.165, 1.54) is 18.7 Å².